The zero-order valence-corrected chi connectivity index (χ0v) is 8.64. The molecule has 1 aromatic rings. The maximum atomic E-state index is 11.2. The van der Waals surface area contributed by atoms with Crippen molar-refractivity contribution < 1.29 is 9.90 Å². The number of hydrogen-bond acceptors (Lipinski definition) is 2. The lowest BCUT2D eigenvalue weighted by Crippen LogP contribution is -2.10. The van der Waals surface area contributed by atoms with Crippen LogP contribution >= 0.6 is 11.6 Å². The quantitative estimate of drug-likeness (QED) is 0.811. The number of carbonyl (C=O) groups is 1. The lowest BCUT2D eigenvalue weighted by molar-refractivity contribution is -0.116. The first kappa shape index (κ1) is 10.9. The fourth-order valence-electron chi connectivity index (χ4n) is 1.05. The van der Waals surface area contributed by atoms with E-state index in [4.69, 9.17) is 11.6 Å². The summed E-state index contributed by atoms with van der Waals surface area (Å²) in [6, 6.07) is 4.44. The van der Waals surface area contributed by atoms with Crippen LogP contribution in [0.1, 0.15) is 19.8 Å². The molecule has 1 aromatic carbocycles. The van der Waals surface area contributed by atoms with Crippen molar-refractivity contribution in [1.29, 1.82) is 0 Å². The number of anilines is 1. The Morgan fingerprint density at radius 2 is 2.29 bits per heavy atom. The van der Waals surface area contributed by atoms with Gasteiger partial charge in [-0.1, -0.05) is 18.5 Å². The van der Waals surface area contributed by atoms with E-state index in [0.29, 0.717) is 17.1 Å². The molecule has 0 fully saturated rings. The van der Waals surface area contributed by atoms with Crippen LogP contribution in [0.25, 0.3) is 0 Å². The molecule has 3 nitrogen and oxygen atoms in total. The largest absolute Gasteiger partial charge is 0.508 e. The Balaban J connectivity index is 2.75. The highest BCUT2D eigenvalue weighted by atomic mass is 35.5. The van der Waals surface area contributed by atoms with Gasteiger partial charge >= 0.3 is 0 Å². The van der Waals surface area contributed by atoms with Gasteiger partial charge in [0.15, 0.2) is 0 Å². The molecule has 0 aliphatic heterocycles. The second-order valence-corrected chi connectivity index (χ2v) is 3.37. The van der Waals surface area contributed by atoms with Gasteiger partial charge in [0.2, 0.25) is 5.91 Å². The minimum absolute atomic E-state index is 0.0844. The van der Waals surface area contributed by atoms with Crippen LogP contribution in [0.5, 0.6) is 5.75 Å². The van der Waals surface area contributed by atoms with E-state index >= 15 is 0 Å². The standard InChI is InChI=1S/C10H12ClNO2/c1-2-3-10(14)12-9-6-7(13)4-5-8(9)11/h4-6,13H,2-3H2,1H3,(H,12,14). The van der Waals surface area contributed by atoms with Crippen molar-refractivity contribution in [2.75, 3.05) is 5.32 Å². The lowest BCUT2D eigenvalue weighted by atomic mass is 10.2. The van der Waals surface area contributed by atoms with E-state index in [-0.39, 0.29) is 11.7 Å². The van der Waals surface area contributed by atoms with E-state index in [1.807, 2.05) is 6.92 Å². The average molecular weight is 214 g/mol. The van der Waals surface area contributed by atoms with E-state index in [9.17, 15) is 9.90 Å². The van der Waals surface area contributed by atoms with Crippen molar-refractivity contribution in [3.05, 3.63) is 23.2 Å². The summed E-state index contributed by atoms with van der Waals surface area (Å²) < 4.78 is 0. The van der Waals surface area contributed by atoms with Crippen LogP contribution in [0.3, 0.4) is 0 Å². The van der Waals surface area contributed by atoms with Crippen LogP contribution in [0.4, 0.5) is 5.69 Å². The molecule has 76 valence electrons. The van der Waals surface area contributed by atoms with Crippen molar-refractivity contribution in [3.8, 4) is 5.75 Å². The van der Waals surface area contributed by atoms with Crippen LogP contribution in [0.2, 0.25) is 5.02 Å². The van der Waals surface area contributed by atoms with Gasteiger partial charge in [-0.25, -0.2) is 0 Å². The van der Waals surface area contributed by atoms with Crippen molar-refractivity contribution in [2.24, 2.45) is 0 Å². The molecule has 1 amide bonds. The highest BCUT2D eigenvalue weighted by molar-refractivity contribution is 6.33. The Morgan fingerprint density at radius 1 is 1.57 bits per heavy atom. The summed E-state index contributed by atoms with van der Waals surface area (Å²) in [5.41, 5.74) is 0.449. The molecule has 0 atom stereocenters. The molecule has 0 aliphatic rings. The number of hydrogen-bond donors (Lipinski definition) is 2. The number of carbonyl (C=O) groups excluding carboxylic acids is 1. The maximum Gasteiger partial charge on any atom is 0.224 e. The molecule has 4 heteroatoms. The second kappa shape index (κ2) is 4.86. The van der Waals surface area contributed by atoms with Gasteiger partial charge in [0.05, 0.1) is 10.7 Å². The molecule has 0 aliphatic carbocycles. The van der Waals surface area contributed by atoms with E-state index < -0.39 is 0 Å². The summed E-state index contributed by atoms with van der Waals surface area (Å²) in [7, 11) is 0. The van der Waals surface area contributed by atoms with Crippen LogP contribution in [0.15, 0.2) is 18.2 Å². The highest BCUT2D eigenvalue weighted by Gasteiger charge is 2.05. The zero-order chi connectivity index (χ0) is 10.6. The molecular weight excluding hydrogens is 202 g/mol. The van der Waals surface area contributed by atoms with Gasteiger partial charge in [-0.05, 0) is 18.6 Å². The lowest BCUT2D eigenvalue weighted by Gasteiger charge is -2.06. The SMILES string of the molecule is CCCC(=O)Nc1cc(O)ccc1Cl. The van der Waals surface area contributed by atoms with Gasteiger partial charge in [-0.15, -0.1) is 0 Å². The minimum Gasteiger partial charge on any atom is -0.508 e. The smallest absolute Gasteiger partial charge is 0.224 e. The molecule has 0 saturated carbocycles. The summed E-state index contributed by atoms with van der Waals surface area (Å²) in [6.45, 7) is 1.92. The first-order valence-corrected chi connectivity index (χ1v) is 4.79. The van der Waals surface area contributed by atoms with Gasteiger partial charge in [0.25, 0.3) is 0 Å². The fourth-order valence-corrected chi connectivity index (χ4v) is 1.21. The third-order valence-electron chi connectivity index (χ3n) is 1.70. The molecule has 0 radical (unpaired) electrons. The van der Waals surface area contributed by atoms with Crippen molar-refractivity contribution in [2.45, 2.75) is 19.8 Å². The predicted molar refractivity (Wildman–Crippen MR) is 56.7 cm³/mol. The predicted octanol–water partition coefficient (Wildman–Crippen LogP) is 2.78. The third kappa shape index (κ3) is 2.92. The summed E-state index contributed by atoms with van der Waals surface area (Å²) in [4.78, 5) is 11.2. The van der Waals surface area contributed by atoms with Gasteiger partial charge < -0.3 is 10.4 Å². The van der Waals surface area contributed by atoms with Crippen molar-refractivity contribution >= 4 is 23.2 Å². The Hall–Kier alpha value is -1.22. The Morgan fingerprint density at radius 3 is 2.93 bits per heavy atom. The van der Waals surface area contributed by atoms with E-state index in [0.717, 1.165) is 6.42 Å². The molecule has 0 bridgehead atoms. The number of nitrogens with one attached hydrogen (secondary N) is 1. The summed E-state index contributed by atoms with van der Waals surface area (Å²) in [6.07, 6.45) is 1.23. The zero-order valence-electron chi connectivity index (χ0n) is 7.88. The molecular formula is C10H12ClNO2. The highest BCUT2D eigenvalue weighted by Crippen LogP contribution is 2.25. The van der Waals surface area contributed by atoms with Crippen LogP contribution < -0.4 is 5.32 Å². The van der Waals surface area contributed by atoms with Crippen LogP contribution in [0, 0.1) is 0 Å². The number of amides is 1. The summed E-state index contributed by atoms with van der Waals surface area (Å²) >= 11 is 5.81. The maximum absolute atomic E-state index is 11.2. The molecule has 0 unspecified atom stereocenters. The van der Waals surface area contributed by atoms with E-state index in [1.165, 1.54) is 12.1 Å². The molecule has 0 heterocycles. The first-order valence-electron chi connectivity index (χ1n) is 4.42. The molecule has 0 saturated heterocycles. The van der Waals surface area contributed by atoms with Gasteiger partial charge in [0.1, 0.15) is 5.75 Å². The fraction of sp³-hybridized carbons (Fsp3) is 0.300. The number of aromatic hydroxyl groups is 1. The third-order valence-corrected chi connectivity index (χ3v) is 2.03. The Labute approximate surface area is 87.7 Å². The van der Waals surface area contributed by atoms with Gasteiger partial charge in [0, 0.05) is 12.5 Å². The molecule has 1 rings (SSSR count). The van der Waals surface area contributed by atoms with E-state index in [2.05, 4.69) is 5.32 Å². The Kier molecular flexibility index (Phi) is 3.77. The van der Waals surface area contributed by atoms with Crippen molar-refractivity contribution in [3.63, 3.8) is 0 Å². The molecule has 2 N–H and O–H groups in total. The second-order valence-electron chi connectivity index (χ2n) is 2.96. The minimum atomic E-state index is -0.0972. The van der Waals surface area contributed by atoms with Gasteiger partial charge in [-0.2, -0.15) is 0 Å². The van der Waals surface area contributed by atoms with Crippen LogP contribution in [-0.2, 0) is 4.79 Å². The van der Waals surface area contributed by atoms with Crippen molar-refractivity contribution in [1.82, 2.24) is 0 Å². The Bertz CT molecular complexity index is 339. The van der Waals surface area contributed by atoms with Crippen LogP contribution in [-0.4, -0.2) is 11.0 Å². The topological polar surface area (TPSA) is 49.3 Å². The normalized spacial score (nSPS) is 9.86. The number of phenolic OH excluding ortho intramolecular Hbond substituents is 1. The number of benzene rings is 1. The number of rotatable bonds is 3. The first-order chi connectivity index (χ1) is 6.63. The van der Waals surface area contributed by atoms with Gasteiger partial charge in [-0.3, -0.25) is 4.79 Å². The summed E-state index contributed by atoms with van der Waals surface area (Å²) in [5.74, 6) is -0.0128. The number of halogens is 1. The molecule has 0 aromatic heterocycles. The molecule has 14 heavy (non-hydrogen) atoms. The van der Waals surface area contributed by atoms with E-state index in [1.54, 1.807) is 6.07 Å². The molecule has 0 spiro atoms. The average Bonchev–Trinajstić information content (AvgIpc) is 2.12. The monoisotopic (exact) mass is 213 g/mol. The number of phenols is 1. The summed E-state index contributed by atoms with van der Waals surface area (Å²) in [5, 5.41) is 12.2.